The Morgan fingerprint density at radius 2 is 2.21 bits per heavy atom. The van der Waals surface area contributed by atoms with Crippen molar-refractivity contribution < 1.29 is 4.52 Å². The number of hydrogen-bond donors (Lipinski definition) is 1. The van der Waals surface area contributed by atoms with Crippen molar-refractivity contribution >= 4 is 0 Å². The summed E-state index contributed by atoms with van der Waals surface area (Å²) in [5.41, 5.74) is 5.76. The van der Waals surface area contributed by atoms with Crippen molar-refractivity contribution in [2.24, 2.45) is 5.73 Å². The van der Waals surface area contributed by atoms with Crippen LogP contribution in [0.1, 0.15) is 31.1 Å². The molecule has 1 atom stereocenters. The summed E-state index contributed by atoms with van der Waals surface area (Å²) < 4.78 is 5.04. The Bertz CT molecular complexity index is 272. The third-order valence-electron chi connectivity index (χ3n) is 2.02. The molecule has 14 heavy (non-hydrogen) atoms. The maximum absolute atomic E-state index is 5.76. The number of rotatable bonds is 5. The molecule has 0 aliphatic carbocycles. The van der Waals surface area contributed by atoms with Gasteiger partial charge in [0.25, 0.3) is 0 Å². The molecule has 80 valence electrons. The van der Waals surface area contributed by atoms with Crippen molar-refractivity contribution in [3.63, 3.8) is 0 Å². The fourth-order valence-electron chi connectivity index (χ4n) is 1.02. The van der Waals surface area contributed by atoms with Crippen molar-refractivity contribution in [3.8, 4) is 0 Å². The van der Waals surface area contributed by atoms with Gasteiger partial charge in [-0.05, 0) is 20.5 Å². The minimum atomic E-state index is -0.129. The quantitative estimate of drug-likeness (QED) is 0.749. The van der Waals surface area contributed by atoms with E-state index >= 15 is 0 Å². The Hall–Kier alpha value is -0.940. The third kappa shape index (κ3) is 3.08. The van der Waals surface area contributed by atoms with E-state index in [-0.39, 0.29) is 6.04 Å². The van der Waals surface area contributed by atoms with Gasteiger partial charge in [0, 0.05) is 13.0 Å². The summed E-state index contributed by atoms with van der Waals surface area (Å²) in [6.45, 7) is 2.91. The van der Waals surface area contributed by atoms with E-state index in [0.29, 0.717) is 5.89 Å². The summed E-state index contributed by atoms with van der Waals surface area (Å²) in [6.07, 6.45) is 1.61. The maximum Gasteiger partial charge on any atom is 0.243 e. The molecule has 0 amide bonds. The molecule has 0 radical (unpaired) electrons. The van der Waals surface area contributed by atoms with Crippen molar-refractivity contribution in [1.29, 1.82) is 0 Å². The molecule has 0 fully saturated rings. The van der Waals surface area contributed by atoms with Crippen molar-refractivity contribution in [2.75, 3.05) is 20.6 Å². The summed E-state index contributed by atoms with van der Waals surface area (Å²) in [5.74, 6) is 1.28. The molecule has 0 bridgehead atoms. The predicted octanol–water partition coefficient (Wildman–Crippen LogP) is 0.583. The van der Waals surface area contributed by atoms with Gasteiger partial charge in [-0.25, -0.2) is 0 Å². The number of hydrogen-bond acceptors (Lipinski definition) is 5. The third-order valence-corrected chi connectivity index (χ3v) is 2.02. The molecule has 1 rings (SSSR count). The monoisotopic (exact) mass is 198 g/mol. The zero-order valence-corrected chi connectivity index (χ0v) is 9.03. The molecule has 2 N–H and O–H groups in total. The van der Waals surface area contributed by atoms with Crippen LogP contribution in [0.15, 0.2) is 4.52 Å². The number of nitrogens with two attached hydrogens (primary N) is 1. The Morgan fingerprint density at radius 1 is 1.50 bits per heavy atom. The van der Waals surface area contributed by atoms with E-state index in [4.69, 9.17) is 10.3 Å². The van der Waals surface area contributed by atoms with E-state index in [1.54, 1.807) is 0 Å². The zero-order valence-electron chi connectivity index (χ0n) is 9.03. The average Bonchev–Trinajstić information content (AvgIpc) is 2.62. The zero-order chi connectivity index (χ0) is 10.6. The molecule has 1 aromatic rings. The van der Waals surface area contributed by atoms with Crippen molar-refractivity contribution in [2.45, 2.75) is 25.8 Å². The first-order valence-electron chi connectivity index (χ1n) is 4.86. The highest BCUT2D eigenvalue weighted by atomic mass is 16.5. The SMILES string of the molecule is CCC(N)c1nc(CCN(C)C)no1. The van der Waals surface area contributed by atoms with E-state index < -0.39 is 0 Å². The van der Waals surface area contributed by atoms with Gasteiger partial charge in [0.2, 0.25) is 5.89 Å². The van der Waals surface area contributed by atoms with Crippen LogP contribution < -0.4 is 5.73 Å². The van der Waals surface area contributed by atoms with Gasteiger partial charge in [-0.3, -0.25) is 0 Å². The second-order valence-electron chi connectivity index (χ2n) is 3.62. The molecule has 0 aliphatic heterocycles. The van der Waals surface area contributed by atoms with E-state index in [2.05, 4.69) is 15.0 Å². The van der Waals surface area contributed by atoms with Crippen LogP contribution in [0.3, 0.4) is 0 Å². The highest BCUT2D eigenvalue weighted by Gasteiger charge is 2.12. The number of likely N-dealkylation sites (N-methyl/N-ethyl adjacent to an activating group) is 1. The first-order valence-corrected chi connectivity index (χ1v) is 4.86. The van der Waals surface area contributed by atoms with Crippen LogP contribution >= 0.6 is 0 Å². The lowest BCUT2D eigenvalue weighted by atomic mass is 10.2. The molecule has 0 saturated carbocycles. The summed E-state index contributed by atoms with van der Waals surface area (Å²) in [6, 6.07) is -0.129. The normalized spacial score (nSPS) is 13.5. The molecule has 0 aliphatic rings. The molecule has 0 saturated heterocycles. The van der Waals surface area contributed by atoms with Gasteiger partial charge in [0.1, 0.15) is 0 Å². The van der Waals surface area contributed by atoms with Gasteiger partial charge >= 0.3 is 0 Å². The smallest absolute Gasteiger partial charge is 0.243 e. The minimum Gasteiger partial charge on any atom is -0.338 e. The van der Waals surface area contributed by atoms with E-state index in [1.165, 1.54) is 0 Å². The highest BCUT2D eigenvalue weighted by Crippen LogP contribution is 2.10. The molecular formula is C9H18N4O. The first-order chi connectivity index (χ1) is 6.63. The molecule has 1 heterocycles. The topological polar surface area (TPSA) is 68.2 Å². The van der Waals surface area contributed by atoms with Gasteiger partial charge in [-0.2, -0.15) is 4.98 Å². The Balaban J connectivity index is 2.50. The van der Waals surface area contributed by atoms with E-state index in [1.807, 2.05) is 21.0 Å². The average molecular weight is 198 g/mol. The van der Waals surface area contributed by atoms with Gasteiger partial charge < -0.3 is 15.2 Å². The van der Waals surface area contributed by atoms with Gasteiger partial charge in [-0.15, -0.1) is 0 Å². The minimum absolute atomic E-state index is 0.129. The van der Waals surface area contributed by atoms with Crippen LogP contribution in [0.4, 0.5) is 0 Å². The largest absolute Gasteiger partial charge is 0.338 e. The summed E-state index contributed by atoms with van der Waals surface area (Å²) in [5, 5.41) is 3.86. The van der Waals surface area contributed by atoms with E-state index in [9.17, 15) is 0 Å². The summed E-state index contributed by atoms with van der Waals surface area (Å²) in [7, 11) is 4.03. The molecule has 1 unspecified atom stereocenters. The van der Waals surface area contributed by atoms with Crippen LogP contribution in [0.25, 0.3) is 0 Å². The molecule has 1 aromatic heterocycles. The summed E-state index contributed by atoms with van der Waals surface area (Å²) >= 11 is 0. The van der Waals surface area contributed by atoms with Crippen LogP contribution in [0.2, 0.25) is 0 Å². The maximum atomic E-state index is 5.76. The molecule has 5 heteroatoms. The van der Waals surface area contributed by atoms with Crippen LogP contribution in [-0.2, 0) is 6.42 Å². The first kappa shape index (κ1) is 11.1. The Kier molecular flexibility index (Phi) is 4.03. The molecule has 0 spiro atoms. The van der Waals surface area contributed by atoms with Crippen LogP contribution in [0.5, 0.6) is 0 Å². The molecular weight excluding hydrogens is 180 g/mol. The Labute approximate surface area is 84.3 Å². The van der Waals surface area contributed by atoms with Gasteiger partial charge in [0.05, 0.1) is 6.04 Å². The lowest BCUT2D eigenvalue weighted by Gasteiger charge is -2.05. The van der Waals surface area contributed by atoms with Gasteiger partial charge in [-0.1, -0.05) is 12.1 Å². The lowest BCUT2D eigenvalue weighted by Crippen LogP contribution is -2.15. The fourth-order valence-corrected chi connectivity index (χ4v) is 1.02. The lowest BCUT2D eigenvalue weighted by molar-refractivity contribution is 0.345. The van der Waals surface area contributed by atoms with Crippen molar-refractivity contribution in [1.82, 2.24) is 15.0 Å². The number of nitrogens with zero attached hydrogens (tertiary/aromatic N) is 3. The fraction of sp³-hybridized carbons (Fsp3) is 0.778. The standard InChI is InChI=1S/C9H18N4O/c1-4-7(10)9-11-8(12-14-9)5-6-13(2)3/h7H,4-6,10H2,1-3H3. The molecule has 0 aromatic carbocycles. The van der Waals surface area contributed by atoms with E-state index in [0.717, 1.165) is 25.2 Å². The Morgan fingerprint density at radius 3 is 2.79 bits per heavy atom. The van der Waals surface area contributed by atoms with Crippen LogP contribution in [0, 0.1) is 0 Å². The second kappa shape index (κ2) is 5.07. The number of aromatic nitrogens is 2. The molecule has 5 nitrogen and oxygen atoms in total. The second-order valence-corrected chi connectivity index (χ2v) is 3.62. The van der Waals surface area contributed by atoms with Crippen LogP contribution in [-0.4, -0.2) is 35.7 Å². The van der Waals surface area contributed by atoms with Gasteiger partial charge in [0.15, 0.2) is 5.82 Å². The van der Waals surface area contributed by atoms with Crippen molar-refractivity contribution in [3.05, 3.63) is 11.7 Å². The summed E-state index contributed by atoms with van der Waals surface area (Å²) in [4.78, 5) is 6.30. The highest BCUT2D eigenvalue weighted by molar-refractivity contribution is 4.91. The predicted molar refractivity (Wildman–Crippen MR) is 53.8 cm³/mol.